The first kappa shape index (κ1) is 30.5. The van der Waals surface area contributed by atoms with Crippen LogP contribution in [0, 0.1) is 24.2 Å². The summed E-state index contributed by atoms with van der Waals surface area (Å²) in [6, 6.07) is 8.05. The van der Waals surface area contributed by atoms with Crippen molar-refractivity contribution in [3.8, 4) is 30.0 Å². The zero-order chi connectivity index (χ0) is 26.7. The molecule has 0 fully saturated rings. The van der Waals surface area contributed by atoms with E-state index in [1.807, 2.05) is 19.9 Å². The van der Waals surface area contributed by atoms with E-state index < -0.39 is 24.0 Å². The molecule has 1 unspecified atom stereocenters. The van der Waals surface area contributed by atoms with Gasteiger partial charge in [0, 0.05) is 18.3 Å². The summed E-state index contributed by atoms with van der Waals surface area (Å²) in [6.45, 7) is 8.80. The second-order valence-electron chi connectivity index (χ2n) is 6.68. The molecule has 0 saturated carbocycles. The highest BCUT2D eigenvalue weighted by molar-refractivity contribution is 5.75. The number of aromatic nitrogens is 1. The normalized spacial score (nSPS) is 12.6. The van der Waals surface area contributed by atoms with Gasteiger partial charge in [0.15, 0.2) is 0 Å². The molecule has 9 heteroatoms. The van der Waals surface area contributed by atoms with Gasteiger partial charge in [-0.1, -0.05) is 32.0 Å². The molecule has 0 spiro atoms. The molecule has 0 aliphatic heterocycles. The quantitative estimate of drug-likeness (QED) is 0.271. The van der Waals surface area contributed by atoms with Crippen molar-refractivity contribution in [2.45, 2.75) is 52.9 Å². The van der Waals surface area contributed by atoms with Gasteiger partial charge in [0.25, 0.3) is 0 Å². The lowest BCUT2D eigenvalue weighted by molar-refractivity contribution is -0.146. The van der Waals surface area contributed by atoms with Gasteiger partial charge in [-0.15, -0.1) is 12.8 Å². The number of nitrogens with one attached hydrogen (secondary N) is 1. The number of alkyl halides is 6. The predicted octanol–water partition coefficient (Wildman–Crippen LogP) is 7.57. The standard InChI is InChI=1S/C21H19F6N3.C2H6.C2H2/c1-4-29-18(10-28)12(2)15-7-16(13(3)20(22,23)24)9-17(8-15)14-5-6-19(30-11-14)21(25,26)27;2*1-2/h5-9,11,13,29H,4H2,1-3H3;1-2H3;1-2H/b18-12+;;. The Hall–Kier alpha value is -3.46. The first-order valence-corrected chi connectivity index (χ1v) is 10.3. The molecule has 0 bridgehead atoms. The number of hydrogen-bond acceptors (Lipinski definition) is 3. The Morgan fingerprint density at radius 1 is 1.06 bits per heavy atom. The van der Waals surface area contributed by atoms with Crippen LogP contribution in [-0.4, -0.2) is 17.7 Å². The molecule has 184 valence electrons. The maximum atomic E-state index is 13.3. The minimum Gasteiger partial charge on any atom is -0.377 e. The first-order valence-electron chi connectivity index (χ1n) is 10.3. The van der Waals surface area contributed by atoms with Crippen molar-refractivity contribution < 1.29 is 26.3 Å². The number of rotatable bonds is 5. The fourth-order valence-electron chi connectivity index (χ4n) is 2.78. The monoisotopic (exact) mass is 483 g/mol. The molecule has 1 heterocycles. The molecule has 2 aromatic rings. The van der Waals surface area contributed by atoms with Gasteiger partial charge in [-0.05, 0) is 55.2 Å². The van der Waals surface area contributed by atoms with Gasteiger partial charge >= 0.3 is 12.4 Å². The largest absolute Gasteiger partial charge is 0.433 e. The van der Waals surface area contributed by atoms with Crippen LogP contribution in [-0.2, 0) is 6.18 Å². The lowest BCUT2D eigenvalue weighted by atomic mass is 9.91. The van der Waals surface area contributed by atoms with Crippen LogP contribution in [0.3, 0.4) is 0 Å². The van der Waals surface area contributed by atoms with Crippen molar-refractivity contribution in [1.29, 1.82) is 5.26 Å². The minimum atomic E-state index is -4.62. The number of hydrogen-bond donors (Lipinski definition) is 1. The van der Waals surface area contributed by atoms with E-state index in [-0.39, 0.29) is 22.4 Å². The Balaban J connectivity index is 0.00000258. The Bertz CT molecular complexity index is 1010. The van der Waals surface area contributed by atoms with Crippen LogP contribution in [0.4, 0.5) is 26.3 Å². The van der Waals surface area contributed by atoms with Crippen molar-refractivity contribution in [3.05, 3.63) is 59.0 Å². The summed E-state index contributed by atoms with van der Waals surface area (Å²) in [5, 5.41) is 12.2. The third-order valence-electron chi connectivity index (χ3n) is 4.61. The zero-order valence-electron chi connectivity index (χ0n) is 19.6. The average molecular weight is 484 g/mol. The van der Waals surface area contributed by atoms with Crippen LogP contribution in [0.2, 0.25) is 0 Å². The van der Waals surface area contributed by atoms with Crippen LogP contribution in [0.5, 0.6) is 0 Å². The molecule has 2 rings (SSSR count). The summed E-state index contributed by atoms with van der Waals surface area (Å²) < 4.78 is 78.2. The topological polar surface area (TPSA) is 48.7 Å². The maximum Gasteiger partial charge on any atom is 0.433 e. The van der Waals surface area contributed by atoms with Gasteiger partial charge in [-0.3, -0.25) is 4.98 Å². The number of terminal acetylenes is 1. The van der Waals surface area contributed by atoms with Gasteiger partial charge in [0.1, 0.15) is 17.5 Å². The van der Waals surface area contributed by atoms with Crippen LogP contribution in [0.1, 0.15) is 57.4 Å². The molecule has 34 heavy (non-hydrogen) atoms. The Labute approximate surface area is 196 Å². The molecule has 0 aliphatic rings. The minimum absolute atomic E-state index is 0.0666. The van der Waals surface area contributed by atoms with Crippen molar-refractivity contribution >= 4 is 5.57 Å². The van der Waals surface area contributed by atoms with Crippen LogP contribution >= 0.6 is 0 Å². The van der Waals surface area contributed by atoms with E-state index in [2.05, 4.69) is 23.1 Å². The molecule has 0 radical (unpaired) electrons. The number of benzene rings is 1. The second kappa shape index (κ2) is 13.3. The van der Waals surface area contributed by atoms with E-state index >= 15 is 0 Å². The van der Waals surface area contributed by atoms with Crippen LogP contribution in [0.25, 0.3) is 16.7 Å². The summed E-state index contributed by atoms with van der Waals surface area (Å²) in [5.41, 5.74) is 0.325. The molecule has 1 N–H and O–H groups in total. The van der Waals surface area contributed by atoms with Crippen LogP contribution in [0.15, 0.2) is 42.2 Å². The summed E-state index contributed by atoms with van der Waals surface area (Å²) in [7, 11) is 0. The zero-order valence-corrected chi connectivity index (χ0v) is 19.6. The van der Waals surface area contributed by atoms with Gasteiger partial charge in [-0.2, -0.15) is 31.6 Å². The van der Waals surface area contributed by atoms with E-state index in [0.29, 0.717) is 17.7 Å². The number of allylic oxidation sites excluding steroid dienone is 2. The third-order valence-corrected chi connectivity index (χ3v) is 4.61. The Kier molecular flexibility index (Phi) is 11.9. The summed E-state index contributed by atoms with van der Waals surface area (Å²) in [4.78, 5) is 3.38. The van der Waals surface area contributed by atoms with E-state index in [1.54, 1.807) is 13.8 Å². The molecule has 0 saturated heterocycles. The number of halogens is 6. The second-order valence-corrected chi connectivity index (χ2v) is 6.68. The maximum absolute atomic E-state index is 13.3. The smallest absolute Gasteiger partial charge is 0.377 e. The molecule has 3 nitrogen and oxygen atoms in total. The van der Waals surface area contributed by atoms with Crippen molar-refractivity contribution in [3.63, 3.8) is 0 Å². The van der Waals surface area contributed by atoms with Crippen LogP contribution < -0.4 is 5.32 Å². The molecule has 1 atom stereocenters. The van der Waals surface area contributed by atoms with E-state index in [1.165, 1.54) is 18.2 Å². The molecule has 0 amide bonds. The number of nitrogens with zero attached hydrogens (tertiary/aromatic N) is 2. The summed E-state index contributed by atoms with van der Waals surface area (Å²) >= 11 is 0. The Morgan fingerprint density at radius 2 is 1.65 bits per heavy atom. The number of nitriles is 1. The van der Waals surface area contributed by atoms with E-state index in [0.717, 1.165) is 25.3 Å². The third kappa shape index (κ3) is 8.15. The number of pyridine rings is 1. The summed E-state index contributed by atoms with van der Waals surface area (Å²) in [6.07, 6.45) is -0.159. The highest BCUT2D eigenvalue weighted by Crippen LogP contribution is 2.38. The fraction of sp³-hybridized carbons (Fsp3) is 0.360. The summed E-state index contributed by atoms with van der Waals surface area (Å²) in [5.74, 6) is -1.81. The lowest BCUT2D eigenvalue weighted by Crippen LogP contribution is -2.18. The highest BCUT2D eigenvalue weighted by atomic mass is 19.4. The van der Waals surface area contributed by atoms with Crippen molar-refractivity contribution in [2.75, 3.05) is 6.54 Å². The van der Waals surface area contributed by atoms with E-state index in [9.17, 15) is 31.6 Å². The molecule has 0 aliphatic carbocycles. The van der Waals surface area contributed by atoms with E-state index in [4.69, 9.17) is 0 Å². The van der Waals surface area contributed by atoms with Gasteiger partial charge < -0.3 is 5.32 Å². The molecule has 1 aromatic carbocycles. The van der Waals surface area contributed by atoms with Gasteiger partial charge in [-0.25, -0.2) is 0 Å². The highest BCUT2D eigenvalue weighted by Gasteiger charge is 2.37. The van der Waals surface area contributed by atoms with Crippen molar-refractivity contribution in [2.24, 2.45) is 0 Å². The van der Waals surface area contributed by atoms with Crippen molar-refractivity contribution in [1.82, 2.24) is 10.3 Å². The van der Waals surface area contributed by atoms with Gasteiger partial charge in [0.2, 0.25) is 0 Å². The lowest BCUT2D eigenvalue weighted by Gasteiger charge is -2.19. The Morgan fingerprint density at radius 3 is 2.06 bits per heavy atom. The molecule has 1 aromatic heterocycles. The fourth-order valence-corrected chi connectivity index (χ4v) is 2.78. The molecular formula is C25H27F6N3. The first-order chi connectivity index (χ1) is 15.9. The van der Waals surface area contributed by atoms with Gasteiger partial charge in [0.05, 0.1) is 5.92 Å². The average Bonchev–Trinajstić information content (AvgIpc) is 2.82. The molecular weight excluding hydrogens is 456 g/mol. The predicted molar refractivity (Wildman–Crippen MR) is 122 cm³/mol. The SMILES string of the molecule is C#C.CC.CCN/C(C#N)=C(\C)c1cc(-c2ccc(C(F)(F)F)nc2)cc(C(C)C(F)(F)F)c1.